The van der Waals surface area contributed by atoms with E-state index in [0.717, 1.165) is 44.2 Å². The van der Waals surface area contributed by atoms with Crippen LogP contribution in [0.3, 0.4) is 0 Å². The molecule has 1 aromatic rings. The Hall–Kier alpha value is -2.24. The van der Waals surface area contributed by atoms with Crippen LogP contribution in [0.25, 0.3) is 0 Å². The van der Waals surface area contributed by atoms with Crippen LogP contribution in [0.5, 0.6) is 5.75 Å². The Kier molecular flexibility index (Phi) is 7.78. The lowest BCUT2D eigenvalue weighted by Gasteiger charge is -2.20. The Balaban J connectivity index is 1.38. The second-order valence-electron chi connectivity index (χ2n) is 8.49. The summed E-state index contributed by atoms with van der Waals surface area (Å²) in [5.41, 5.74) is 1.28. The van der Waals surface area contributed by atoms with Gasteiger partial charge >= 0.3 is 0 Å². The zero-order valence-corrected chi connectivity index (χ0v) is 18.1. The molecule has 1 unspecified atom stereocenters. The maximum Gasteiger partial charge on any atom is 0.225 e. The highest BCUT2D eigenvalue weighted by Gasteiger charge is 2.27. The molecule has 2 fully saturated rings. The van der Waals surface area contributed by atoms with Crippen molar-refractivity contribution in [2.75, 3.05) is 26.7 Å². The van der Waals surface area contributed by atoms with E-state index in [4.69, 9.17) is 4.74 Å². The fourth-order valence-corrected chi connectivity index (χ4v) is 4.09. The van der Waals surface area contributed by atoms with E-state index in [1.165, 1.54) is 31.2 Å². The summed E-state index contributed by atoms with van der Waals surface area (Å²) in [4.78, 5) is 18.4. The number of amides is 1. The van der Waals surface area contributed by atoms with Gasteiger partial charge in [0.2, 0.25) is 5.91 Å². The molecule has 0 bridgehead atoms. The van der Waals surface area contributed by atoms with Gasteiger partial charge in [-0.05, 0) is 56.2 Å². The minimum absolute atomic E-state index is 0.0566. The van der Waals surface area contributed by atoms with E-state index in [1.807, 2.05) is 18.7 Å². The summed E-state index contributed by atoms with van der Waals surface area (Å²) in [6, 6.07) is 8.72. The smallest absolute Gasteiger partial charge is 0.225 e. The molecule has 0 spiro atoms. The molecule has 0 aromatic heterocycles. The quantitative estimate of drug-likeness (QED) is 0.546. The lowest BCUT2D eigenvalue weighted by Crippen LogP contribution is -2.45. The van der Waals surface area contributed by atoms with Gasteiger partial charge in [0.15, 0.2) is 5.96 Å². The highest BCUT2D eigenvalue weighted by Crippen LogP contribution is 2.24. The first-order valence-electron chi connectivity index (χ1n) is 11.1. The molecule has 6 nitrogen and oxygen atoms in total. The molecule has 1 aliphatic carbocycles. The Labute approximate surface area is 175 Å². The van der Waals surface area contributed by atoms with Crippen molar-refractivity contribution in [3.05, 3.63) is 29.8 Å². The number of nitrogens with one attached hydrogen (secondary N) is 2. The van der Waals surface area contributed by atoms with Crippen LogP contribution in [0.4, 0.5) is 0 Å². The molecule has 6 heteroatoms. The van der Waals surface area contributed by atoms with E-state index in [1.54, 1.807) is 7.05 Å². The van der Waals surface area contributed by atoms with Gasteiger partial charge in [-0.15, -0.1) is 0 Å². The molecule has 1 amide bonds. The molecule has 1 atom stereocenters. The van der Waals surface area contributed by atoms with Gasteiger partial charge in [0.1, 0.15) is 5.75 Å². The van der Waals surface area contributed by atoms with Gasteiger partial charge in [-0.1, -0.05) is 26.0 Å². The third-order valence-electron chi connectivity index (χ3n) is 5.79. The van der Waals surface area contributed by atoms with Gasteiger partial charge in [-0.2, -0.15) is 0 Å². The second-order valence-corrected chi connectivity index (χ2v) is 8.49. The van der Waals surface area contributed by atoms with Crippen LogP contribution < -0.4 is 15.4 Å². The molecule has 2 aliphatic rings. The van der Waals surface area contributed by atoms with E-state index in [-0.39, 0.29) is 17.9 Å². The van der Waals surface area contributed by atoms with Crippen LogP contribution in [0.2, 0.25) is 0 Å². The zero-order chi connectivity index (χ0) is 20.6. The molecule has 1 heterocycles. The Morgan fingerprint density at radius 1 is 1.21 bits per heavy atom. The third kappa shape index (κ3) is 6.38. The summed E-state index contributed by atoms with van der Waals surface area (Å²) in [5.74, 6) is 2.07. The Bertz CT molecular complexity index is 681. The third-order valence-corrected chi connectivity index (χ3v) is 5.79. The fraction of sp³-hybridized carbons (Fsp3) is 0.652. The molecular formula is C23H36N4O2. The minimum atomic E-state index is 0.0566. The van der Waals surface area contributed by atoms with Crippen LogP contribution in [0.1, 0.15) is 51.5 Å². The number of hydrogen-bond acceptors (Lipinski definition) is 3. The van der Waals surface area contributed by atoms with Crippen molar-refractivity contribution < 1.29 is 9.53 Å². The molecular weight excluding hydrogens is 364 g/mol. The predicted octanol–water partition coefficient (Wildman–Crippen LogP) is 2.97. The molecule has 1 aliphatic heterocycles. The summed E-state index contributed by atoms with van der Waals surface area (Å²) >= 11 is 0. The monoisotopic (exact) mass is 400 g/mol. The lowest BCUT2D eigenvalue weighted by molar-refractivity contribution is -0.133. The molecule has 29 heavy (non-hydrogen) atoms. The molecule has 3 rings (SSSR count). The average molecular weight is 401 g/mol. The van der Waals surface area contributed by atoms with Gasteiger partial charge in [0.25, 0.3) is 0 Å². The summed E-state index contributed by atoms with van der Waals surface area (Å²) in [7, 11) is 1.79. The van der Waals surface area contributed by atoms with Gasteiger partial charge in [-0.25, -0.2) is 0 Å². The highest BCUT2D eigenvalue weighted by molar-refractivity contribution is 5.81. The summed E-state index contributed by atoms with van der Waals surface area (Å²) in [5, 5.41) is 6.84. The summed E-state index contributed by atoms with van der Waals surface area (Å²) in [6.45, 7) is 6.29. The first-order chi connectivity index (χ1) is 14.0. The maximum atomic E-state index is 12.1. The van der Waals surface area contributed by atoms with Gasteiger partial charge < -0.3 is 20.3 Å². The molecule has 0 radical (unpaired) electrons. The van der Waals surface area contributed by atoms with E-state index >= 15 is 0 Å². The van der Waals surface area contributed by atoms with Gasteiger partial charge in [-0.3, -0.25) is 9.79 Å². The van der Waals surface area contributed by atoms with Gasteiger partial charge in [0, 0.05) is 38.6 Å². The normalized spacial score (nSPS) is 20.3. The molecule has 2 N–H and O–H groups in total. The molecule has 1 saturated carbocycles. The van der Waals surface area contributed by atoms with E-state index in [0.29, 0.717) is 6.10 Å². The summed E-state index contributed by atoms with van der Waals surface area (Å²) in [6.07, 6.45) is 7.23. The lowest BCUT2D eigenvalue weighted by atomic mass is 10.1. The molecule has 1 saturated heterocycles. The van der Waals surface area contributed by atoms with Crippen LogP contribution in [0, 0.1) is 5.92 Å². The van der Waals surface area contributed by atoms with Crippen LogP contribution in [-0.4, -0.2) is 55.6 Å². The van der Waals surface area contributed by atoms with Crippen molar-refractivity contribution in [2.24, 2.45) is 10.9 Å². The summed E-state index contributed by atoms with van der Waals surface area (Å²) < 4.78 is 6.03. The highest BCUT2D eigenvalue weighted by atomic mass is 16.5. The largest absolute Gasteiger partial charge is 0.490 e. The van der Waals surface area contributed by atoms with Crippen molar-refractivity contribution in [3.8, 4) is 5.75 Å². The predicted molar refractivity (Wildman–Crippen MR) is 117 cm³/mol. The second kappa shape index (κ2) is 10.5. The zero-order valence-electron chi connectivity index (χ0n) is 18.1. The van der Waals surface area contributed by atoms with Crippen LogP contribution >= 0.6 is 0 Å². The molecule has 160 valence electrons. The Morgan fingerprint density at radius 2 is 1.93 bits per heavy atom. The average Bonchev–Trinajstić information content (AvgIpc) is 3.40. The van der Waals surface area contributed by atoms with E-state index in [2.05, 4.69) is 39.9 Å². The number of rotatable bonds is 7. The van der Waals surface area contributed by atoms with Crippen molar-refractivity contribution in [3.63, 3.8) is 0 Å². The SMILES string of the molecule is CN=C(NCCc1ccc(OC2CCCC2)cc1)NC1CCN(C(=O)C(C)C)C1. The first kappa shape index (κ1) is 21.5. The van der Waals surface area contributed by atoms with Crippen molar-refractivity contribution in [1.29, 1.82) is 0 Å². The number of guanidine groups is 1. The topological polar surface area (TPSA) is 66.0 Å². The number of ether oxygens (including phenoxy) is 1. The van der Waals surface area contributed by atoms with Crippen molar-refractivity contribution >= 4 is 11.9 Å². The van der Waals surface area contributed by atoms with E-state index < -0.39 is 0 Å². The van der Waals surface area contributed by atoms with Crippen LogP contribution in [0.15, 0.2) is 29.3 Å². The van der Waals surface area contributed by atoms with Crippen molar-refractivity contribution in [1.82, 2.24) is 15.5 Å². The standard InChI is InChI=1S/C23H36N4O2/c1-17(2)22(28)27-15-13-19(16-27)26-23(24-3)25-14-12-18-8-10-21(11-9-18)29-20-6-4-5-7-20/h8-11,17,19-20H,4-7,12-16H2,1-3H3,(H2,24,25,26). The van der Waals surface area contributed by atoms with Crippen LogP contribution in [-0.2, 0) is 11.2 Å². The van der Waals surface area contributed by atoms with Crippen molar-refractivity contribution in [2.45, 2.75) is 64.5 Å². The Morgan fingerprint density at radius 3 is 2.59 bits per heavy atom. The maximum absolute atomic E-state index is 12.1. The number of benzene rings is 1. The van der Waals surface area contributed by atoms with E-state index in [9.17, 15) is 4.79 Å². The first-order valence-corrected chi connectivity index (χ1v) is 11.1. The number of nitrogens with zero attached hydrogens (tertiary/aromatic N) is 2. The van der Waals surface area contributed by atoms with Gasteiger partial charge in [0.05, 0.1) is 6.10 Å². The number of aliphatic imine (C=N–C) groups is 1. The number of carbonyl (C=O) groups excluding carboxylic acids is 1. The molecule has 1 aromatic carbocycles. The fourth-order valence-electron chi connectivity index (χ4n) is 4.09. The number of hydrogen-bond donors (Lipinski definition) is 2. The number of likely N-dealkylation sites (tertiary alicyclic amines) is 1. The number of carbonyl (C=O) groups is 1. The minimum Gasteiger partial charge on any atom is -0.490 e.